The minimum absolute atomic E-state index is 0.101. The van der Waals surface area contributed by atoms with Crippen molar-refractivity contribution >= 4 is 27.6 Å². The number of benzene rings is 2. The third kappa shape index (κ3) is 4.89. The Morgan fingerprint density at radius 2 is 1.93 bits per heavy atom. The van der Waals surface area contributed by atoms with E-state index in [1.807, 2.05) is 64.2 Å². The number of pyridine rings is 2. The number of nitrogens with zero attached hydrogens (tertiary/aromatic N) is 4. The summed E-state index contributed by atoms with van der Waals surface area (Å²) in [5.41, 5.74) is 5.91. The maximum absolute atomic E-state index is 13.3. The van der Waals surface area contributed by atoms with E-state index in [2.05, 4.69) is 9.97 Å². The molecule has 5 aromatic rings. The summed E-state index contributed by atoms with van der Waals surface area (Å²) in [6, 6.07) is 11.4. The molecular weight excluding hydrogens is 516 g/mol. The van der Waals surface area contributed by atoms with Crippen LogP contribution in [-0.4, -0.2) is 37.5 Å². The highest BCUT2D eigenvalue weighted by Crippen LogP contribution is 2.45. The molecule has 0 radical (unpaired) electrons. The Balaban J connectivity index is 1.73. The number of carbonyl (C=O) groups is 1. The first-order valence-corrected chi connectivity index (χ1v) is 13.8. The highest BCUT2D eigenvalue weighted by Gasteiger charge is 2.31. The number of carbonyl (C=O) groups excluding carboxylic acids is 1. The molecule has 6 rings (SSSR count). The molecule has 0 fully saturated rings. The van der Waals surface area contributed by atoms with Crippen LogP contribution in [0.15, 0.2) is 66.0 Å². The number of ketones is 1. The van der Waals surface area contributed by atoms with Crippen LogP contribution in [0.25, 0.3) is 32.9 Å². The topological polar surface area (TPSA) is 96.2 Å². The Labute approximate surface area is 238 Å². The van der Waals surface area contributed by atoms with E-state index in [1.54, 1.807) is 36.1 Å². The normalized spacial score (nSPS) is 13.8. The fraction of sp³-hybridized carbons (Fsp3) is 0.303. The zero-order valence-electron chi connectivity index (χ0n) is 23.9. The van der Waals surface area contributed by atoms with Gasteiger partial charge in [-0.25, -0.2) is 0 Å². The lowest BCUT2D eigenvalue weighted by atomic mass is 9.85. The van der Waals surface area contributed by atoms with Gasteiger partial charge in [-0.15, -0.1) is 0 Å². The van der Waals surface area contributed by atoms with Gasteiger partial charge in [0.15, 0.2) is 5.78 Å². The summed E-state index contributed by atoms with van der Waals surface area (Å²) in [7, 11) is 0. The van der Waals surface area contributed by atoms with Crippen LogP contribution in [0.2, 0.25) is 0 Å². The van der Waals surface area contributed by atoms with Crippen LogP contribution in [0, 0.1) is 6.92 Å². The van der Waals surface area contributed by atoms with Crippen molar-refractivity contribution in [3.05, 3.63) is 93.9 Å². The van der Waals surface area contributed by atoms with Gasteiger partial charge in [-0.1, -0.05) is 0 Å². The van der Waals surface area contributed by atoms with E-state index in [1.165, 1.54) is 5.56 Å². The molecule has 3 aromatic heterocycles. The molecule has 41 heavy (non-hydrogen) atoms. The minimum Gasteiger partial charge on any atom is -0.493 e. The van der Waals surface area contributed by atoms with E-state index in [-0.39, 0.29) is 17.9 Å². The summed E-state index contributed by atoms with van der Waals surface area (Å²) >= 11 is 0. The van der Waals surface area contributed by atoms with E-state index < -0.39 is 11.7 Å². The van der Waals surface area contributed by atoms with E-state index in [0.29, 0.717) is 12.3 Å². The van der Waals surface area contributed by atoms with Gasteiger partial charge < -0.3 is 14.0 Å². The van der Waals surface area contributed by atoms with Crippen LogP contribution in [0.1, 0.15) is 56.2 Å². The fourth-order valence-electron chi connectivity index (χ4n) is 5.75. The number of hydrogen-bond acceptors (Lipinski definition) is 7. The molecule has 0 unspecified atom stereocenters. The number of ether oxygens (including phenoxy) is 2. The van der Waals surface area contributed by atoms with Gasteiger partial charge in [0.1, 0.15) is 11.9 Å². The first-order valence-electron chi connectivity index (χ1n) is 13.8. The first-order chi connectivity index (χ1) is 19.6. The summed E-state index contributed by atoms with van der Waals surface area (Å²) in [5, 5.41) is 1.79. The molecule has 0 aliphatic carbocycles. The predicted octanol–water partition coefficient (Wildman–Crippen LogP) is 5.74. The molecule has 0 amide bonds. The minimum atomic E-state index is -0.822. The molecule has 208 valence electrons. The highest BCUT2D eigenvalue weighted by molar-refractivity contribution is 6.08. The van der Waals surface area contributed by atoms with Crippen molar-refractivity contribution < 1.29 is 14.3 Å². The SMILES string of the molecule is CC(=O)[C@@H](OC(C)(C)C)c1c(C)cc2c(ccc(=O)n2Cc2cnccn2)c1-c1ccc2c3c(ccnc13)CCO2. The van der Waals surface area contributed by atoms with Gasteiger partial charge in [0.2, 0.25) is 0 Å². The van der Waals surface area contributed by atoms with Crippen LogP contribution < -0.4 is 10.3 Å². The third-order valence-electron chi connectivity index (χ3n) is 7.42. The largest absolute Gasteiger partial charge is 0.493 e. The Morgan fingerprint density at radius 1 is 1.10 bits per heavy atom. The quantitative estimate of drug-likeness (QED) is 0.267. The van der Waals surface area contributed by atoms with E-state index in [9.17, 15) is 9.59 Å². The average molecular weight is 549 g/mol. The second-order valence-electron chi connectivity index (χ2n) is 11.5. The van der Waals surface area contributed by atoms with Gasteiger partial charge in [0.25, 0.3) is 5.56 Å². The number of aryl methyl sites for hydroxylation is 1. The molecule has 0 bridgehead atoms. The molecule has 1 aliphatic heterocycles. The standard InChI is InChI=1S/C33H32N4O4/c1-19-16-25-23(7-9-27(39)37(25)18-22-17-34-13-14-35-22)30(28(19)32(20(2)38)41-33(3,4)5)24-6-8-26-29-21(11-15-40-26)10-12-36-31(24)29/h6-10,12-14,16-17,32H,11,15,18H2,1-5H3/t32-/m1/s1. The van der Waals surface area contributed by atoms with Gasteiger partial charge in [-0.2, -0.15) is 0 Å². The van der Waals surface area contributed by atoms with Crippen molar-refractivity contribution in [2.45, 2.75) is 59.3 Å². The third-order valence-corrected chi connectivity index (χ3v) is 7.42. The Kier molecular flexibility index (Phi) is 6.66. The number of aromatic nitrogens is 4. The summed E-state index contributed by atoms with van der Waals surface area (Å²) < 4.78 is 14.1. The van der Waals surface area contributed by atoms with Gasteiger partial charge >= 0.3 is 0 Å². The lowest BCUT2D eigenvalue weighted by molar-refractivity contribution is -0.138. The second kappa shape index (κ2) is 10.2. The van der Waals surface area contributed by atoms with Crippen molar-refractivity contribution in [1.82, 2.24) is 19.5 Å². The molecule has 1 atom stereocenters. The van der Waals surface area contributed by atoms with Crippen molar-refractivity contribution in [2.24, 2.45) is 0 Å². The maximum Gasteiger partial charge on any atom is 0.251 e. The van der Waals surface area contributed by atoms with Crippen LogP contribution in [0.3, 0.4) is 0 Å². The molecular formula is C33H32N4O4. The van der Waals surface area contributed by atoms with Crippen molar-refractivity contribution in [2.75, 3.05) is 6.61 Å². The molecule has 1 aliphatic rings. The Bertz CT molecular complexity index is 1860. The average Bonchev–Trinajstić information content (AvgIpc) is 2.94. The first kappa shape index (κ1) is 26.8. The van der Waals surface area contributed by atoms with Gasteiger partial charge in [-0.05, 0) is 87.2 Å². The molecule has 0 N–H and O–H groups in total. The second-order valence-corrected chi connectivity index (χ2v) is 11.5. The van der Waals surface area contributed by atoms with Crippen LogP contribution >= 0.6 is 0 Å². The summed E-state index contributed by atoms with van der Waals surface area (Å²) in [6.45, 7) is 10.2. The molecule has 0 spiro atoms. The molecule has 8 nitrogen and oxygen atoms in total. The smallest absolute Gasteiger partial charge is 0.251 e. The van der Waals surface area contributed by atoms with Crippen molar-refractivity contribution in [1.29, 1.82) is 0 Å². The van der Waals surface area contributed by atoms with Crippen LogP contribution in [0.4, 0.5) is 0 Å². The number of hydrogen-bond donors (Lipinski definition) is 0. The van der Waals surface area contributed by atoms with Crippen molar-refractivity contribution in [3.63, 3.8) is 0 Å². The van der Waals surface area contributed by atoms with Gasteiger partial charge in [-0.3, -0.25) is 24.5 Å². The van der Waals surface area contributed by atoms with E-state index in [4.69, 9.17) is 14.5 Å². The molecule has 2 aromatic carbocycles. The lowest BCUT2D eigenvalue weighted by Gasteiger charge is -2.30. The van der Waals surface area contributed by atoms with Crippen LogP contribution in [-0.2, 0) is 22.5 Å². The molecule has 4 heterocycles. The van der Waals surface area contributed by atoms with E-state index in [0.717, 1.165) is 56.2 Å². The zero-order chi connectivity index (χ0) is 28.9. The monoisotopic (exact) mass is 548 g/mol. The summed E-state index contributed by atoms with van der Waals surface area (Å²) in [6.07, 6.45) is 6.67. The molecule has 0 saturated heterocycles. The maximum atomic E-state index is 13.3. The van der Waals surface area contributed by atoms with Crippen molar-refractivity contribution in [3.8, 4) is 16.9 Å². The number of fused-ring (bicyclic) bond motifs is 1. The Morgan fingerprint density at radius 3 is 2.66 bits per heavy atom. The highest BCUT2D eigenvalue weighted by atomic mass is 16.5. The summed E-state index contributed by atoms with van der Waals surface area (Å²) in [5.74, 6) is 0.695. The number of Topliss-reactive ketones (excluding diaryl/α,β-unsaturated/α-hetero) is 1. The fourth-order valence-corrected chi connectivity index (χ4v) is 5.75. The zero-order valence-corrected chi connectivity index (χ0v) is 23.9. The Hall–Kier alpha value is -4.43. The lowest BCUT2D eigenvalue weighted by Crippen LogP contribution is -2.27. The number of rotatable bonds is 6. The van der Waals surface area contributed by atoms with Gasteiger partial charge in [0, 0.05) is 47.4 Å². The predicted molar refractivity (Wildman–Crippen MR) is 158 cm³/mol. The molecule has 0 saturated carbocycles. The van der Waals surface area contributed by atoms with Gasteiger partial charge in [0.05, 0.1) is 41.7 Å². The summed E-state index contributed by atoms with van der Waals surface area (Å²) in [4.78, 5) is 39.9. The van der Waals surface area contributed by atoms with Crippen LogP contribution in [0.5, 0.6) is 5.75 Å². The molecule has 8 heteroatoms. The van der Waals surface area contributed by atoms with E-state index >= 15 is 0 Å².